The molecule has 6 nitrogen and oxygen atoms in total. The fourth-order valence-electron chi connectivity index (χ4n) is 3.95. The van der Waals surface area contributed by atoms with E-state index in [1.165, 1.54) is 30.6 Å². The van der Waals surface area contributed by atoms with Gasteiger partial charge in [0, 0.05) is 0 Å². The fraction of sp³-hybridized carbons (Fsp3) is 0.593. The van der Waals surface area contributed by atoms with E-state index in [1.54, 1.807) is 6.08 Å². The Morgan fingerprint density at radius 2 is 1.86 bits per heavy atom. The Kier molecular flexibility index (Phi) is 12.1. The first kappa shape index (κ1) is 29.2. The number of ether oxygens (including phenoxy) is 2. The molecule has 0 aliphatic carbocycles. The van der Waals surface area contributed by atoms with Crippen molar-refractivity contribution in [3.63, 3.8) is 0 Å². The molecule has 0 aromatic heterocycles. The molecule has 2 unspecified atom stereocenters. The van der Waals surface area contributed by atoms with Crippen molar-refractivity contribution in [2.24, 2.45) is 5.92 Å². The molecule has 35 heavy (non-hydrogen) atoms. The fourth-order valence-corrected chi connectivity index (χ4v) is 5.31. The first-order chi connectivity index (χ1) is 16.7. The van der Waals surface area contributed by atoms with Crippen LogP contribution in [-0.2, 0) is 9.59 Å². The van der Waals surface area contributed by atoms with Gasteiger partial charge in [0.05, 0.1) is 17.6 Å². The van der Waals surface area contributed by atoms with Gasteiger partial charge in [-0.15, -0.1) is 0 Å². The van der Waals surface area contributed by atoms with Gasteiger partial charge in [0.25, 0.3) is 5.91 Å². The molecule has 1 heterocycles. The van der Waals surface area contributed by atoms with Gasteiger partial charge >= 0.3 is 5.97 Å². The minimum Gasteiger partial charge on any atom is -0.490 e. The van der Waals surface area contributed by atoms with Crippen LogP contribution in [0.4, 0.5) is 0 Å². The Labute approximate surface area is 219 Å². The number of thiocarbonyl (C=S) groups is 1. The third-order valence-electron chi connectivity index (χ3n) is 5.72. The van der Waals surface area contributed by atoms with Crippen LogP contribution < -0.4 is 9.47 Å². The van der Waals surface area contributed by atoms with Crippen molar-refractivity contribution >= 4 is 46.3 Å². The van der Waals surface area contributed by atoms with Crippen LogP contribution in [0.25, 0.3) is 6.08 Å². The highest BCUT2D eigenvalue weighted by atomic mass is 32.2. The van der Waals surface area contributed by atoms with Crippen LogP contribution in [0.1, 0.15) is 85.1 Å². The summed E-state index contributed by atoms with van der Waals surface area (Å²) in [5.41, 5.74) is 0.768. The summed E-state index contributed by atoms with van der Waals surface area (Å²) in [6.07, 6.45) is 9.27. The summed E-state index contributed by atoms with van der Waals surface area (Å²) in [6.45, 7) is 10.5. The molecule has 0 saturated carbocycles. The molecule has 194 valence electrons. The minimum absolute atomic E-state index is 0.0758. The van der Waals surface area contributed by atoms with Crippen LogP contribution in [0.3, 0.4) is 0 Å². The number of amides is 1. The quantitative estimate of drug-likeness (QED) is 0.153. The number of carboxylic acids is 1. The molecule has 0 radical (unpaired) electrons. The number of hydrogen-bond donors (Lipinski definition) is 1. The molecule has 1 N–H and O–H groups in total. The van der Waals surface area contributed by atoms with Crippen LogP contribution in [0.2, 0.25) is 0 Å². The van der Waals surface area contributed by atoms with E-state index in [0.717, 1.165) is 30.2 Å². The number of unbranched alkanes of at least 4 members (excludes halogenated alkanes) is 4. The third kappa shape index (κ3) is 8.83. The van der Waals surface area contributed by atoms with Gasteiger partial charge in [-0.3, -0.25) is 9.69 Å². The zero-order valence-electron chi connectivity index (χ0n) is 21.5. The van der Waals surface area contributed by atoms with E-state index in [4.69, 9.17) is 21.7 Å². The zero-order chi connectivity index (χ0) is 26.0. The van der Waals surface area contributed by atoms with Gasteiger partial charge in [-0.2, -0.15) is 0 Å². The van der Waals surface area contributed by atoms with Gasteiger partial charge in [0.1, 0.15) is 10.4 Å². The van der Waals surface area contributed by atoms with E-state index in [1.807, 2.05) is 39.0 Å². The van der Waals surface area contributed by atoms with E-state index < -0.39 is 12.0 Å². The van der Waals surface area contributed by atoms with Gasteiger partial charge in [0.15, 0.2) is 11.5 Å². The summed E-state index contributed by atoms with van der Waals surface area (Å²) in [7, 11) is 0. The highest BCUT2D eigenvalue weighted by molar-refractivity contribution is 8.26. The Morgan fingerprint density at radius 3 is 2.49 bits per heavy atom. The first-order valence-corrected chi connectivity index (χ1v) is 13.8. The highest BCUT2D eigenvalue weighted by Gasteiger charge is 2.40. The largest absolute Gasteiger partial charge is 0.490 e. The number of hydrogen-bond acceptors (Lipinski definition) is 6. The number of nitrogens with zero attached hydrogens (tertiary/aromatic N) is 1. The van der Waals surface area contributed by atoms with Gasteiger partial charge < -0.3 is 14.6 Å². The number of aliphatic carboxylic acids is 1. The Bertz CT molecular complexity index is 915. The monoisotopic (exact) mass is 521 g/mol. The van der Waals surface area contributed by atoms with E-state index >= 15 is 0 Å². The average molecular weight is 522 g/mol. The number of rotatable bonds is 15. The van der Waals surface area contributed by atoms with Crippen molar-refractivity contribution in [2.45, 2.75) is 91.7 Å². The smallest absolute Gasteiger partial charge is 0.326 e. The standard InChI is InChI=1S/C27H39NO5S2/c1-6-8-9-10-11-12-19(5)33-22-14-13-20(16-23(22)32-7-2)17-24-25(29)28(27(34)35-24)21(26(30)31)15-18(3)4/h13-14,16-19,21H,6-12,15H2,1-5H3,(H,30,31). The van der Waals surface area contributed by atoms with E-state index in [-0.39, 0.29) is 22.2 Å². The highest BCUT2D eigenvalue weighted by Crippen LogP contribution is 2.37. The van der Waals surface area contributed by atoms with Crippen molar-refractivity contribution in [2.75, 3.05) is 6.61 Å². The lowest BCUT2D eigenvalue weighted by molar-refractivity contribution is -0.145. The predicted molar refractivity (Wildman–Crippen MR) is 147 cm³/mol. The van der Waals surface area contributed by atoms with Crippen LogP contribution in [0.15, 0.2) is 23.1 Å². The number of thioether (sulfide) groups is 1. The van der Waals surface area contributed by atoms with E-state index in [2.05, 4.69) is 13.8 Å². The number of carboxylic acid groups (broad SMARTS) is 1. The molecule has 1 aromatic carbocycles. The van der Waals surface area contributed by atoms with Crippen molar-refractivity contribution in [1.82, 2.24) is 4.90 Å². The molecule has 8 heteroatoms. The molecule has 1 amide bonds. The topological polar surface area (TPSA) is 76.1 Å². The van der Waals surface area contributed by atoms with Crippen molar-refractivity contribution in [3.05, 3.63) is 28.7 Å². The molecule has 1 aromatic rings. The molecule has 1 aliphatic heterocycles. The van der Waals surface area contributed by atoms with Crippen molar-refractivity contribution in [1.29, 1.82) is 0 Å². The number of carbonyl (C=O) groups excluding carboxylic acids is 1. The molecule has 0 bridgehead atoms. The maximum atomic E-state index is 13.1. The second kappa shape index (κ2) is 14.5. The second-order valence-corrected chi connectivity index (χ2v) is 11.0. The average Bonchev–Trinajstić information content (AvgIpc) is 3.06. The molecule has 2 atom stereocenters. The molecule has 1 saturated heterocycles. The normalized spacial score (nSPS) is 16.7. The lowest BCUT2D eigenvalue weighted by atomic mass is 10.0. The van der Waals surface area contributed by atoms with Crippen molar-refractivity contribution < 1.29 is 24.2 Å². The summed E-state index contributed by atoms with van der Waals surface area (Å²) in [5, 5.41) is 9.67. The number of benzene rings is 1. The second-order valence-electron chi connectivity index (χ2n) is 9.31. The summed E-state index contributed by atoms with van der Waals surface area (Å²) >= 11 is 6.50. The van der Waals surface area contributed by atoms with E-state index in [9.17, 15) is 14.7 Å². The molecule has 2 rings (SSSR count). The van der Waals surface area contributed by atoms with Crippen LogP contribution >= 0.6 is 24.0 Å². The SMILES string of the molecule is CCCCCCCC(C)Oc1ccc(C=C2SC(=S)N(C(CC(C)C)C(=O)O)C2=O)cc1OCC. The van der Waals surface area contributed by atoms with Gasteiger partial charge in [0.2, 0.25) is 0 Å². The summed E-state index contributed by atoms with van der Waals surface area (Å²) in [6, 6.07) is 4.62. The number of carbonyl (C=O) groups is 2. The van der Waals surface area contributed by atoms with Gasteiger partial charge in [-0.05, 0) is 62.8 Å². The van der Waals surface area contributed by atoms with Crippen LogP contribution in [0, 0.1) is 5.92 Å². The van der Waals surface area contributed by atoms with Gasteiger partial charge in [-0.1, -0.05) is 76.5 Å². The summed E-state index contributed by atoms with van der Waals surface area (Å²) in [5.74, 6) is 0.00178. The molecular weight excluding hydrogens is 482 g/mol. The lowest BCUT2D eigenvalue weighted by Crippen LogP contribution is -2.44. The third-order valence-corrected chi connectivity index (χ3v) is 7.05. The van der Waals surface area contributed by atoms with Crippen LogP contribution in [-0.4, -0.2) is 45.0 Å². The van der Waals surface area contributed by atoms with Crippen molar-refractivity contribution in [3.8, 4) is 11.5 Å². The van der Waals surface area contributed by atoms with Crippen LogP contribution in [0.5, 0.6) is 11.5 Å². The zero-order valence-corrected chi connectivity index (χ0v) is 23.2. The maximum Gasteiger partial charge on any atom is 0.326 e. The summed E-state index contributed by atoms with van der Waals surface area (Å²) < 4.78 is 12.3. The molecule has 1 fully saturated rings. The minimum atomic E-state index is -1.05. The Hall–Kier alpha value is -2.06. The lowest BCUT2D eigenvalue weighted by Gasteiger charge is -2.24. The van der Waals surface area contributed by atoms with Gasteiger partial charge in [-0.25, -0.2) is 4.79 Å². The van der Waals surface area contributed by atoms with E-state index in [0.29, 0.717) is 29.4 Å². The maximum absolute atomic E-state index is 13.1. The predicted octanol–water partition coefficient (Wildman–Crippen LogP) is 6.91. The Morgan fingerprint density at radius 1 is 1.14 bits per heavy atom. The molecular formula is C27H39NO5S2. The summed E-state index contributed by atoms with van der Waals surface area (Å²) in [4.78, 5) is 26.5. The molecule has 0 spiro atoms. The Balaban J connectivity index is 2.15. The first-order valence-electron chi connectivity index (χ1n) is 12.6. The molecule has 1 aliphatic rings.